The van der Waals surface area contributed by atoms with Gasteiger partial charge in [-0.2, -0.15) is 5.26 Å². The van der Waals surface area contributed by atoms with E-state index >= 15 is 0 Å². The highest BCUT2D eigenvalue weighted by molar-refractivity contribution is 7.13. The number of carbonyl (C=O) groups is 1. The molecule has 0 saturated carbocycles. The number of hydrogen-bond donors (Lipinski definition) is 0. The van der Waals surface area contributed by atoms with E-state index in [0.29, 0.717) is 13.0 Å². The van der Waals surface area contributed by atoms with Crippen LogP contribution < -0.4 is 4.90 Å². The van der Waals surface area contributed by atoms with Crippen LogP contribution in [0.2, 0.25) is 0 Å². The summed E-state index contributed by atoms with van der Waals surface area (Å²) in [6.45, 7) is 5.96. The van der Waals surface area contributed by atoms with Crippen molar-refractivity contribution in [1.82, 2.24) is 14.8 Å². The van der Waals surface area contributed by atoms with E-state index in [1.807, 2.05) is 18.5 Å². The summed E-state index contributed by atoms with van der Waals surface area (Å²) in [6, 6.07) is 1.94. The van der Waals surface area contributed by atoms with E-state index in [4.69, 9.17) is 5.26 Å². The monoisotopic (exact) mass is 307 g/mol. The Morgan fingerprint density at radius 2 is 2.24 bits per heavy atom. The van der Waals surface area contributed by atoms with Gasteiger partial charge in [-0.15, -0.1) is 11.3 Å². The highest BCUT2D eigenvalue weighted by Crippen LogP contribution is 2.19. The van der Waals surface area contributed by atoms with E-state index in [9.17, 15) is 4.79 Å². The van der Waals surface area contributed by atoms with E-state index in [-0.39, 0.29) is 11.9 Å². The van der Waals surface area contributed by atoms with Crippen molar-refractivity contribution in [2.24, 2.45) is 0 Å². The largest absolute Gasteiger partial charge is 0.346 e. The molecule has 0 radical (unpaired) electrons. The zero-order valence-electron chi connectivity index (χ0n) is 12.5. The molecule has 0 bridgehead atoms. The van der Waals surface area contributed by atoms with Gasteiger partial charge in [-0.1, -0.05) is 0 Å². The lowest BCUT2D eigenvalue weighted by Gasteiger charge is -2.38. The zero-order chi connectivity index (χ0) is 15.2. The van der Waals surface area contributed by atoms with E-state index in [1.165, 1.54) is 0 Å². The molecule has 1 atom stereocenters. The molecule has 0 aromatic carbocycles. The van der Waals surface area contributed by atoms with Gasteiger partial charge in [0.05, 0.1) is 18.5 Å². The van der Waals surface area contributed by atoms with Gasteiger partial charge < -0.3 is 9.80 Å². The molecular formula is C14H21N5OS. The fraction of sp³-hybridized carbons (Fsp3) is 0.643. The number of hydrogen-bond acceptors (Lipinski definition) is 6. The molecule has 2 heterocycles. The van der Waals surface area contributed by atoms with Gasteiger partial charge in [0.2, 0.25) is 5.91 Å². The predicted octanol–water partition coefficient (Wildman–Crippen LogP) is 1.03. The second-order valence-electron chi connectivity index (χ2n) is 5.18. The third kappa shape index (κ3) is 3.93. The molecule has 0 aliphatic carbocycles. The highest BCUT2D eigenvalue weighted by Gasteiger charge is 2.27. The lowest BCUT2D eigenvalue weighted by molar-refractivity contribution is -0.135. The second kappa shape index (κ2) is 7.38. The molecule has 1 fully saturated rings. The fourth-order valence-electron chi connectivity index (χ4n) is 2.48. The maximum atomic E-state index is 12.3. The molecule has 1 unspecified atom stereocenters. The summed E-state index contributed by atoms with van der Waals surface area (Å²) in [4.78, 5) is 22.8. The molecular weight excluding hydrogens is 286 g/mol. The van der Waals surface area contributed by atoms with Crippen LogP contribution in [0.4, 0.5) is 5.13 Å². The standard InChI is InChI=1S/C14H21N5OS/c1-12(13(20)17(2)6-3-4-15)18-7-9-19(10-8-18)14-16-5-11-21-14/h5,11-12H,3,6-10H2,1-2H3. The molecule has 0 spiro atoms. The van der Waals surface area contributed by atoms with Crippen LogP contribution in [0, 0.1) is 11.3 Å². The third-order valence-corrected chi connectivity index (χ3v) is 4.68. The van der Waals surface area contributed by atoms with Crippen LogP contribution in [0.25, 0.3) is 0 Å². The molecule has 1 aromatic rings. The molecule has 1 aliphatic rings. The Labute approximate surface area is 129 Å². The van der Waals surface area contributed by atoms with Crippen molar-refractivity contribution < 1.29 is 4.79 Å². The molecule has 1 amide bonds. The van der Waals surface area contributed by atoms with Gasteiger partial charge in [-0.05, 0) is 6.92 Å². The minimum Gasteiger partial charge on any atom is -0.346 e. The van der Waals surface area contributed by atoms with Crippen molar-refractivity contribution in [2.75, 3.05) is 44.7 Å². The zero-order valence-corrected chi connectivity index (χ0v) is 13.3. The third-order valence-electron chi connectivity index (χ3n) is 3.84. The summed E-state index contributed by atoms with van der Waals surface area (Å²) in [5, 5.41) is 11.6. The summed E-state index contributed by atoms with van der Waals surface area (Å²) < 4.78 is 0. The number of nitriles is 1. The van der Waals surface area contributed by atoms with Crippen LogP contribution in [-0.2, 0) is 4.79 Å². The Bertz CT molecular complexity index is 490. The topological polar surface area (TPSA) is 63.5 Å². The first kappa shape index (κ1) is 15.7. The smallest absolute Gasteiger partial charge is 0.239 e. The summed E-state index contributed by atoms with van der Waals surface area (Å²) in [6.07, 6.45) is 2.20. The molecule has 1 aromatic heterocycles. The van der Waals surface area contributed by atoms with E-state index in [2.05, 4.69) is 20.9 Å². The van der Waals surface area contributed by atoms with Crippen molar-refractivity contribution in [3.8, 4) is 6.07 Å². The number of amides is 1. The summed E-state index contributed by atoms with van der Waals surface area (Å²) in [5.41, 5.74) is 0. The first-order valence-corrected chi connectivity index (χ1v) is 8.02. The Morgan fingerprint density at radius 3 is 2.81 bits per heavy atom. The van der Waals surface area contributed by atoms with Crippen molar-refractivity contribution in [3.05, 3.63) is 11.6 Å². The first-order valence-electron chi connectivity index (χ1n) is 7.14. The van der Waals surface area contributed by atoms with Crippen LogP contribution in [0.1, 0.15) is 13.3 Å². The van der Waals surface area contributed by atoms with Crippen molar-refractivity contribution in [3.63, 3.8) is 0 Å². The van der Waals surface area contributed by atoms with Crippen LogP contribution in [0.15, 0.2) is 11.6 Å². The maximum Gasteiger partial charge on any atom is 0.239 e. The Morgan fingerprint density at radius 1 is 1.52 bits per heavy atom. The Hall–Kier alpha value is -1.65. The van der Waals surface area contributed by atoms with Crippen molar-refractivity contribution >= 4 is 22.4 Å². The van der Waals surface area contributed by atoms with Gasteiger partial charge >= 0.3 is 0 Å². The number of likely N-dealkylation sites (N-methyl/N-ethyl adjacent to an activating group) is 1. The normalized spacial score (nSPS) is 17.3. The van der Waals surface area contributed by atoms with E-state index in [0.717, 1.165) is 31.3 Å². The van der Waals surface area contributed by atoms with Crippen LogP contribution >= 0.6 is 11.3 Å². The lowest BCUT2D eigenvalue weighted by atomic mass is 10.2. The summed E-state index contributed by atoms with van der Waals surface area (Å²) in [5.74, 6) is 0.0907. The summed E-state index contributed by atoms with van der Waals surface area (Å²) in [7, 11) is 1.77. The quantitative estimate of drug-likeness (QED) is 0.813. The Kier molecular flexibility index (Phi) is 5.53. The maximum absolute atomic E-state index is 12.3. The van der Waals surface area contributed by atoms with Gasteiger partial charge in [0, 0.05) is 51.3 Å². The molecule has 7 heteroatoms. The first-order chi connectivity index (χ1) is 10.1. The molecule has 2 rings (SSSR count). The highest BCUT2D eigenvalue weighted by atomic mass is 32.1. The van der Waals surface area contributed by atoms with Crippen LogP contribution in [0.3, 0.4) is 0 Å². The van der Waals surface area contributed by atoms with Gasteiger partial charge in [0.1, 0.15) is 0 Å². The number of carbonyl (C=O) groups excluding carboxylic acids is 1. The average Bonchev–Trinajstić information content (AvgIpc) is 3.05. The molecule has 114 valence electrons. The minimum absolute atomic E-state index is 0.0907. The number of nitrogens with zero attached hydrogens (tertiary/aromatic N) is 5. The minimum atomic E-state index is -0.132. The lowest BCUT2D eigenvalue weighted by Crippen LogP contribution is -2.54. The summed E-state index contributed by atoms with van der Waals surface area (Å²) >= 11 is 1.65. The Balaban J connectivity index is 1.84. The van der Waals surface area contributed by atoms with Crippen molar-refractivity contribution in [2.45, 2.75) is 19.4 Å². The molecule has 21 heavy (non-hydrogen) atoms. The molecule has 6 nitrogen and oxygen atoms in total. The molecule has 1 saturated heterocycles. The number of piperazine rings is 1. The van der Waals surface area contributed by atoms with Crippen molar-refractivity contribution in [1.29, 1.82) is 5.26 Å². The average molecular weight is 307 g/mol. The second-order valence-corrected chi connectivity index (χ2v) is 6.05. The number of rotatable bonds is 5. The number of thiazole rings is 1. The number of anilines is 1. The molecule has 1 aliphatic heterocycles. The van der Waals surface area contributed by atoms with Gasteiger partial charge in [0.25, 0.3) is 0 Å². The SMILES string of the molecule is CC(C(=O)N(C)CCC#N)N1CCN(c2nccs2)CC1. The van der Waals surface area contributed by atoms with E-state index < -0.39 is 0 Å². The van der Waals surface area contributed by atoms with E-state index in [1.54, 1.807) is 23.3 Å². The fourth-order valence-corrected chi connectivity index (χ4v) is 3.17. The van der Waals surface area contributed by atoms with Gasteiger partial charge in [0.15, 0.2) is 5.13 Å². The molecule has 0 N–H and O–H groups in total. The van der Waals surface area contributed by atoms with Crippen LogP contribution in [0.5, 0.6) is 0 Å². The number of aromatic nitrogens is 1. The van der Waals surface area contributed by atoms with Crippen LogP contribution in [-0.4, -0.2) is 66.5 Å². The van der Waals surface area contributed by atoms with Gasteiger partial charge in [-0.3, -0.25) is 9.69 Å². The van der Waals surface area contributed by atoms with Gasteiger partial charge in [-0.25, -0.2) is 4.98 Å². The predicted molar refractivity (Wildman–Crippen MR) is 83.2 cm³/mol.